The number of allylic oxidation sites excluding steroid dienone is 4. The summed E-state index contributed by atoms with van der Waals surface area (Å²) in [5, 5.41) is 12.7. The highest BCUT2D eigenvalue weighted by atomic mass is 16.1. The average Bonchev–Trinajstić information content (AvgIpc) is 3.08. The Balaban J connectivity index is 2.07. The van der Waals surface area contributed by atoms with Crippen LogP contribution >= 0.6 is 0 Å². The molecular formula is C16H20N2O. The summed E-state index contributed by atoms with van der Waals surface area (Å²) in [6.07, 6.45) is 3.81. The number of nitriles is 1. The SMILES string of the molecule is CC1=C(C#N)C(C2CC2)C2=C(CC(C)(C)CC2=O)N1. The molecule has 3 nitrogen and oxygen atoms in total. The molecule has 100 valence electrons. The first-order valence-electron chi connectivity index (χ1n) is 7.07. The third kappa shape index (κ3) is 2.00. The van der Waals surface area contributed by atoms with Crippen molar-refractivity contribution < 1.29 is 4.79 Å². The number of carbonyl (C=O) groups is 1. The number of ketones is 1. The molecule has 3 aliphatic rings. The van der Waals surface area contributed by atoms with Gasteiger partial charge in [0.1, 0.15) is 0 Å². The van der Waals surface area contributed by atoms with Gasteiger partial charge in [-0.2, -0.15) is 5.26 Å². The maximum Gasteiger partial charge on any atom is 0.161 e. The van der Waals surface area contributed by atoms with Crippen molar-refractivity contribution in [2.24, 2.45) is 17.3 Å². The summed E-state index contributed by atoms with van der Waals surface area (Å²) in [6.45, 7) is 6.24. The van der Waals surface area contributed by atoms with Crippen molar-refractivity contribution >= 4 is 5.78 Å². The van der Waals surface area contributed by atoms with Crippen LogP contribution in [0.15, 0.2) is 22.5 Å². The quantitative estimate of drug-likeness (QED) is 0.784. The summed E-state index contributed by atoms with van der Waals surface area (Å²) in [6, 6.07) is 2.33. The molecule has 1 aliphatic heterocycles. The number of carbonyl (C=O) groups excluding carboxylic acids is 1. The van der Waals surface area contributed by atoms with Gasteiger partial charge >= 0.3 is 0 Å². The Labute approximate surface area is 114 Å². The van der Waals surface area contributed by atoms with Gasteiger partial charge in [0.2, 0.25) is 0 Å². The van der Waals surface area contributed by atoms with Gasteiger partial charge in [-0.15, -0.1) is 0 Å². The Morgan fingerprint density at radius 3 is 2.58 bits per heavy atom. The van der Waals surface area contributed by atoms with E-state index in [1.807, 2.05) is 6.92 Å². The lowest BCUT2D eigenvalue weighted by atomic mass is 9.69. The Kier molecular flexibility index (Phi) is 2.60. The standard InChI is InChI=1S/C16H20N2O/c1-9-11(8-17)14(10-4-5-10)15-12(18-9)6-16(2,3)7-13(15)19/h10,14,18H,4-7H2,1-3H3. The van der Waals surface area contributed by atoms with Crippen molar-refractivity contribution in [3.8, 4) is 6.07 Å². The molecule has 1 atom stereocenters. The number of hydrogen-bond donors (Lipinski definition) is 1. The van der Waals surface area contributed by atoms with Gasteiger partial charge in [0.25, 0.3) is 0 Å². The van der Waals surface area contributed by atoms with Gasteiger partial charge in [-0.1, -0.05) is 13.8 Å². The van der Waals surface area contributed by atoms with E-state index in [4.69, 9.17) is 0 Å². The first kappa shape index (κ1) is 12.5. The number of rotatable bonds is 1. The van der Waals surface area contributed by atoms with Gasteiger partial charge in [-0.3, -0.25) is 4.79 Å². The van der Waals surface area contributed by atoms with Crippen molar-refractivity contribution in [2.45, 2.75) is 46.5 Å². The molecule has 0 saturated heterocycles. The molecular weight excluding hydrogens is 236 g/mol. The van der Waals surface area contributed by atoms with Crippen LogP contribution in [0.25, 0.3) is 0 Å². The Hall–Kier alpha value is -1.56. The molecule has 0 aromatic heterocycles. The normalized spacial score (nSPS) is 29.8. The predicted octanol–water partition coefficient (Wildman–Crippen LogP) is 3.06. The fourth-order valence-corrected chi connectivity index (χ4v) is 3.53. The monoisotopic (exact) mass is 256 g/mol. The van der Waals surface area contributed by atoms with Gasteiger partial charge in [-0.25, -0.2) is 0 Å². The molecule has 0 aromatic carbocycles. The molecule has 0 bridgehead atoms. The number of nitrogens with one attached hydrogen (secondary N) is 1. The van der Waals surface area contributed by atoms with E-state index in [1.165, 1.54) is 0 Å². The maximum atomic E-state index is 12.5. The molecule has 0 aromatic rings. The fraction of sp³-hybridized carbons (Fsp3) is 0.625. The fourth-order valence-electron chi connectivity index (χ4n) is 3.53. The third-order valence-electron chi connectivity index (χ3n) is 4.50. The summed E-state index contributed by atoms with van der Waals surface area (Å²) in [7, 11) is 0. The van der Waals surface area contributed by atoms with E-state index in [-0.39, 0.29) is 17.1 Å². The summed E-state index contributed by atoms with van der Waals surface area (Å²) in [5.41, 5.74) is 3.76. The van der Waals surface area contributed by atoms with Gasteiger partial charge in [0, 0.05) is 29.3 Å². The number of Topliss-reactive ketones (excluding diaryl/α,β-unsaturated/α-hetero) is 1. The minimum atomic E-state index is 0.0292. The van der Waals surface area contributed by atoms with E-state index >= 15 is 0 Å². The van der Waals surface area contributed by atoms with Crippen LogP contribution in [0.1, 0.15) is 46.5 Å². The van der Waals surface area contributed by atoms with Crippen molar-refractivity contribution in [2.75, 3.05) is 0 Å². The van der Waals surface area contributed by atoms with Crippen LogP contribution in [0, 0.1) is 28.6 Å². The number of hydrogen-bond acceptors (Lipinski definition) is 3. The van der Waals surface area contributed by atoms with E-state index in [1.54, 1.807) is 0 Å². The zero-order valence-corrected chi connectivity index (χ0v) is 11.8. The van der Waals surface area contributed by atoms with Crippen LogP contribution in [0.4, 0.5) is 0 Å². The highest BCUT2D eigenvalue weighted by Crippen LogP contribution is 2.50. The molecule has 2 aliphatic carbocycles. The molecule has 0 amide bonds. The zero-order chi connectivity index (χ0) is 13.8. The molecule has 0 spiro atoms. The highest BCUT2D eigenvalue weighted by Gasteiger charge is 2.46. The number of nitrogens with zero attached hydrogens (tertiary/aromatic N) is 1. The lowest BCUT2D eigenvalue weighted by Gasteiger charge is -2.38. The van der Waals surface area contributed by atoms with Crippen LogP contribution in [0.2, 0.25) is 0 Å². The molecule has 3 rings (SSSR count). The molecule has 1 heterocycles. The zero-order valence-electron chi connectivity index (χ0n) is 11.8. The molecule has 19 heavy (non-hydrogen) atoms. The van der Waals surface area contributed by atoms with Crippen molar-refractivity contribution in [3.63, 3.8) is 0 Å². The van der Waals surface area contributed by atoms with Gasteiger partial charge in [-0.05, 0) is 37.5 Å². The van der Waals surface area contributed by atoms with Crippen LogP contribution in [0.3, 0.4) is 0 Å². The Bertz CT molecular complexity index is 556. The lowest BCUT2D eigenvalue weighted by Crippen LogP contribution is -2.38. The van der Waals surface area contributed by atoms with Crippen molar-refractivity contribution in [1.29, 1.82) is 5.26 Å². The molecule has 3 heteroatoms. The van der Waals surface area contributed by atoms with E-state index in [2.05, 4.69) is 25.2 Å². The van der Waals surface area contributed by atoms with Crippen LogP contribution in [-0.4, -0.2) is 5.78 Å². The molecule has 1 unspecified atom stereocenters. The second-order valence-electron chi connectivity index (χ2n) is 6.92. The first-order valence-corrected chi connectivity index (χ1v) is 7.07. The van der Waals surface area contributed by atoms with Crippen LogP contribution in [0.5, 0.6) is 0 Å². The molecule has 1 N–H and O–H groups in total. The minimum Gasteiger partial charge on any atom is -0.361 e. The molecule has 1 saturated carbocycles. The maximum absolute atomic E-state index is 12.5. The third-order valence-corrected chi connectivity index (χ3v) is 4.50. The topological polar surface area (TPSA) is 52.9 Å². The van der Waals surface area contributed by atoms with Crippen molar-refractivity contribution in [1.82, 2.24) is 5.32 Å². The second kappa shape index (κ2) is 3.96. The number of dihydropyridines is 1. The minimum absolute atomic E-state index is 0.0292. The average molecular weight is 256 g/mol. The summed E-state index contributed by atoms with van der Waals surface area (Å²) in [4.78, 5) is 12.5. The first-order chi connectivity index (χ1) is 8.93. The van der Waals surface area contributed by atoms with Crippen LogP contribution in [-0.2, 0) is 4.79 Å². The largest absolute Gasteiger partial charge is 0.361 e. The Morgan fingerprint density at radius 1 is 1.32 bits per heavy atom. The molecule has 0 radical (unpaired) electrons. The van der Waals surface area contributed by atoms with Gasteiger partial charge in [0.05, 0.1) is 11.6 Å². The summed E-state index contributed by atoms with van der Waals surface area (Å²) in [5.74, 6) is 0.836. The van der Waals surface area contributed by atoms with E-state index in [9.17, 15) is 10.1 Å². The van der Waals surface area contributed by atoms with Crippen molar-refractivity contribution in [3.05, 3.63) is 22.5 Å². The predicted molar refractivity (Wildman–Crippen MR) is 72.7 cm³/mol. The smallest absolute Gasteiger partial charge is 0.161 e. The highest BCUT2D eigenvalue weighted by molar-refractivity contribution is 5.99. The van der Waals surface area contributed by atoms with E-state index in [0.717, 1.165) is 41.8 Å². The second-order valence-corrected chi connectivity index (χ2v) is 6.92. The van der Waals surface area contributed by atoms with Gasteiger partial charge in [0.15, 0.2) is 5.78 Å². The Morgan fingerprint density at radius 2 is 2.00 bits per heavy atom. The molecule has 1 fully saturated rings. The van der Waals surface area contributed by atoms with E-state index in [0.29, 0.717) is 12.3 Å². The lowest BCUT2D eigenvalue weighted by molar-refractivity contribution is -0.118. The summed E-state index contributed by atoms with van der Waals surface area (Å²) >= 11 is 0. The summed E-state index contributed by atoms with van der Waals surface area (Å²) < 4.78 is 0. The van der Waals surface area contributed by atoms with Gasteiger partial charge < -0.3 is 5.32 Å². The van der Waals surface area contributed by atoms with Crippen LogP contribution < -0.4 is 5.32 Å². The van der Waals surface area contributed by atoms with E-state index < -0.39 is 0 Å².